The summed E-state index contributed by atoms with van der Waals surface area (Å²) in [6.45, 7) is 1.71. The second-order valence-corrected chi connectivity index (χ2v) is 3.23. The fourth-order valence-electron chi connectivity index (χ4n) is 1.00. The first-order valence-electron chi connectivity index (χ1n) is 4.26. The Kier molecular flexibility index (Phi) is 3.77. The van der Waals surface area contributed by atoms with Gasteiger partial charge in [0.1, 0.15) is 11.9 Å². The Morgan fingerprint density at radius 3 is 2.86 bits per heavy atom. The minimum atomic E-state index is -1.22. The number of hydrogen-bond acceptors (Lipinski definition) is 3. The zero-order chi connectivity index (χ0) is 10.6. The second kappa shape index (κ2) is 4.86. The number of rotatable bonds is 4. The number of carbonyl (C=O) groups excluding carboxylic acids is 1. The molecule has 0 fully saturated rings. The molecule has 0 radical (unpaired) electrons. The molecule has 0 heterocycles. The molecule has 0 amide bonds. The molecule has 0 unspecified atom stereocenters. The summed E-state index contributed by atoms with van der Waals surface area (Å²) in [5.74, 6) is -0.777. The van der Waals surface area contributed by atoms with E-state index in [1.165, 1.54) is 0 Å². The van der Waals surface area contributed by atoms with Crippen molar-refractivity contribution in [2.45, 2.75) is 19.4 Å². The topological polar surface area (TPSA) is 49.4 Å². The van der Waals surface area contributed by atoms with Crippen molar-refractivity contribution in [1.82, 2.24) is 0 Å². The van der Waals surface area contributed by atoms with Crippen LogP contribution in [-0.2, 0) is 4.79 Å². The van der Waals surface area contributed by atoms with Crippen molar-refractivity contribution in [3.05, 3.63) is 29.3 Å². The highest BCUT2D eigenvalue weighted by Crippen LogP contribution is 2.18. The van der Waals surface area contributed by atoms with Crippen LogP contribution < -0.4 is 9.84 Å². The van der Waals surface area contributed by atoms with E-state index in [9.17, 15) is 9.90 Å². The highest BCUT2D eigenvalue weighted by atomic mass is 35.5. The molecule has 4 heteroatoms. The van der Waals surface area contributed by atoms with Crippen LogP contribution in [0.15, 0.2) is 24.3 Å². The molecule has 0 aliphatic rings. The Morgan fingerprint density at radius 2 is 2.36 bits per heavy atom. The summed E-state index contributed by atoms with van der Waals surface area (Å²) >= 11 is 5.71. The molecule has 14 heavy (non-hydrogen) atoms. The van der Waals surface area contributed by atoms with Gasteiger partial charge in [-0.2, -0.15) is 0 Å². The lowest BCUT2D eigenvalue weighted by Gasteiger charge is -2.18. The molecule has 76 valence electrons. The van der Waals surface area contributed by atoms with Crippen LogP contribution in [0.1, 0.15) is 13.3 Å². The number of benzene rings is 1. The quantitative estimate of drug-likeness (QED) is 0.756. The van der Waals surface area contributed by atoms with E-state index in [2.05, 4.69) is 0 Å². The number of carboxylic acid groups (broad SMARTS) is 1. The van der Waals surface area contributed by atoms with Crippen molar-refractivity contribution in [1.29, 1.82) is 0 Å². The van der Waals surface area contributed by atoms with Gasteiger partial charge in [0.25, 0.3) is 0 Å². The first-order valence-corrected chi connectivity index (χ1v) is 4.64. The molecule has 1 aromatic rings. The van der Waals surface area contributed by atoms with Crippen LogP contribution in [0.2, 0.25) is 5.02 Å². The van der Waals surface area contributed by atoms with Crippen LogP contribution in [-0.4, -0.2) is 12.1 Å². The number of ether oxygens (including phenoxy) is 1. The van der Waals surface area contributed by atoms with E-state index in [-0.39, 0.29) is 0 Å². The Balaban J connectivity index is 2.72. The Labute approximate surface area is 87.3 Å². The Bertz CT molecular complexity index is 325. The highest BCUT2D eigenvalue weighted by molar-refractivity contribution is 6.30. The van der Waals surface area contributed by atoms with E-state index in [0.29, 0.717) is 17.2 Å². The van der Waals surface area contributed by atoms with Crippen LogP contribution in [0.5, 0.6) is 5.75 Å². The van der Waals surface area contributed by atoms with Crippen molar-refractivity contribution in [2.75, 3.05) is 0 Å². The SMILES string of the molecule is CC[C@H](Oc1cccc(Cl)c1)C(=O)[O-]. The molecular weight excluding hydrogens is 204 g/mol. The summed E-state index contributed by atoms with van der Waals surface area (Å²) in [6.07, 6.45) is -0.567. The molecule has 1 rings (SSSR count). The van der Waals surface area contributed by atoms with Crippen molar-refractivity contribution >= 4 is 17.6 Å². The number of carboxylic acids is 1. The fourth-order valence-corrected chi connectivity index (χ4v) is 1.18. The molecule has 0 bridgehead atoms. The maximum atomic E-state index is 10.6. The largest absolute Gasteiger partial charge is 0.546 e. The standard InChI is InChI=1S/C10H11ClO3/c1-2-9(10(12)13)14-8-5-3-4-7(11)6-8/h3-6,9H,2H2,1H3,(H,12,13)/p-1/t9-/m0/s1. The summed E-state index contributed by atoms with van der Waals surface area (Å²) in [5, 5.41) is 11.1. The zero-order valence-electron chi connectivity index (χ0n) is 7.70. The lowest BCUT2D eigenvalue weighted by molar-refractivity contribution is -0.313. The predicted octanol–water partition coefficient (Wildman–Crippen LogP) is 1.25. The molecule has 0 aromatic heterocycles. The predicted molar refractivity (Wildman–Crippen MR) is 51.2 cm³/mol. The average molecular weight is 214 g/mol. The number of hydrogen-bond donors (Lipinski definition) is 0. The van der Waals surface area contributed by atoms with Crippen LogP contribution in [0.4, 0.5) is 0 Å². The van der Waals surface area contributed by atoms with Gasteiger partial charge in [0.2, 0.25) is 0 Å². The third-order valence-electron chi connectivity index (χ3n) is 1.71. The van der Waals surface area contributed by atoms with Crippen molar-refractivity contribution in [2.24, 2.45) is 0 Å². The van der Waals surface area contributed by atoms with Gasteiger partial charge in [-0.05, 0) is 24.6 Å². The van der Waals surface area contributed by atoms with Gasteiger partial charge in [-0.25, -0.2) is 0 Å². The number of halogens is 1. The van der Waals surface area contributed by atoms with E-state index >= 15 is 0 Å². The van der Waals surface area contributed by atoms with Crippen molar-refractivity contribution in [3.8, 4) is 5.75 Å². The maximum absolute atomic E-state index is 10.6. The first kappa shape index (κ1) is 10.9. The maximum Gasteiger partial charge on any atom is 0.138 e. The second-order valence-electron chi connectivity index (χ2n) is 2.79. The highest BCUT2D eigenvalue weighted by Gasteiger charge is 2.08. The van der Waals surface area contributed by atoms with Gasteiger partial charge in [0.15, 0.2) is 0 Å². The molecule has 0 aliphatic heterocycles. The molecule has 3 nitrogen and oxygen atoms in total. The van der Waals surface area contributed by atoms with Gasteiger partial charge in [-0.15, -0.1) is 0 Å². The third-order valence-corrected chi connectivity index (χ3v) is 1.94. The van der Waals surface area contributed by atoms with Crippen molar-refractivity contribution < 1.29 is 14.6 Å². The van der Waals surface area contributed by atoms with E-state index in [0.717, 1.165) is 0 Å². The molecule has 0 spiro atoms. The molecule has 0 saturated heterocycles. The van der Waals surface area contributed by atoms with Crippen LogP contribution in [0, 0.1) is 0 Å². The van der Waals surface area contributed by atoms with E-state index < -0.39 is 12.1 Å². The minimum absolute atomic E-state index is 0.356. The lowest BCUT2D eigenvalue weighted by Crippen LogP contribution is -2.39. The number of carbonyl (C=O) groups is 1. The summed E-state index contributed by atoms with van der Waals surface area (Å²) in [7, 11) is 0. The Morgan fingerprint density at radius 1 is 1.64 bits per heavy atom. The molecule has 0 saturated carbocycles. The summed E-state index contributed by atoms with van der Waals surface area (Å²) in [4.78, 5) is 10.6. The van der Waals surface area contributed by atoms with Gasteiger partial charge in [0, 0.05) is 5.02 Å². The minimum Gasteiger partial charge on any atom is -0.546 e. The van der Waals surface area contributed by atoms with Gasteiger partial charge in [-0.3, -0.25) is 0 Å². The van der Waals surface area contributed by atoms with Crippen LogP contribution in [0.3, 0.4) is 0 Å². The summed E-state index contributed by atoms with van der Waals surface area (Å²) in [6, 6.07) is 6.60. The van der Waals surface area contributed by atoms with E-state index in [1.54, 1.807) is 31.2 Å². The molecular formula is C10H10ClO3-. The van der Waals surface area contributed by atoms with E-state index in [1.807, 2.05) is 0 Å². The summed E-state index contributed by atoms with van der Waals surface area (Å²) in [5.41, 5.74) is 0. The molecule has 1 aromatic carbocycles. The smallest absolute Gasteiger partial charge is 0.138 e. The van der Waals surface area contributed by atoms with Crippen LogP contribution >= 0.6 is 11.6 Å². The molecule has 0 aliphatic carbocycles. The van der Waals surface area contributed by atoms with Gasteiger partial charge >= 0.3 is 0 Å². The van der Waals surface area contributed by atoms with Gasteiger partial charge in [0.05, 0.1) is 5.97 Å². The molecule has 0 N–H and O–H groups in total. The van der Waals surface area contributed by atoms with Gasteiger partial charge in [-0.1, -0.05) is 24.6 Å². The number of aliphatic carboxylic acids is 1. The van der Waals surface area contributed by atoms with Gasteiger partial charge < -0.3 is 14.6 Å². The average Bonchev–Trinajstić information content (AvgIpc) is 2.14. The Hall–Kier alpha value is -1.22. The lowest BCUT2D eigenvalue weighted by atomic mass is 10.3. The molecule has 1 atom stereocenters. The zero-order valence-corrected chi connectivity index (χ0v) is 8.45. The van der Waals surface area contributed by atoms with Crippen LogP contribution in [0.25, 0.3) is 0 Å². The third kappa shape index (κ3) is 2.92. The monoisotopic (exact) mass is 213 g/mol. The summed E-state index contributed by atoms with van der Waals surface area (Å²) < 4.78 is 5.16. The first-order chi connectivity index (χ1) is 6.63. The fraction of sp³-hybridized carbons (Fsp3) is 0.300. The van der Waals surface area contributed by atoms with Crippen molar-refractivity contribution in [3.63, 3.8) is 0 Å². The van der Waals surface area contributed by atoms with E-state index in [4.69, 9.17) is 16.3 Å². The normalized spacial score (nSPS) is 12.1.